The molecule has 0 aliphatic heterocycles. The number of anilines is 3. The molecule has 10 aromatic rings. The van der Waals surface area contributed by atoms with Crippen molar-refractivity contribution in [1.82, 2.24) is 19.5 Å². The molecule has 2 heterocycles. The van der Waals surface area contributed by atoms with Crippen molar-refractivity contribution in [1.29, 1.82) is 0 Å². The normalized spacial score (nSPS) is 12.9. The highest BCUT2D eigenvalue weighted by molar-refractivity contribution is 6.27. The summed E-state index contributed by atoms with van der Waals surface area (Å²) in [5, 5.41) is 4.77. The SMILES string of the molecule is CC1(C)c2ccccc2-c2c1c1c(c3ccccc23)c2cc(N(c3ccccc3)c3ccccc3)ccc2n1-c1nc(-c2ccccc2)nc(-c2ccccc2)n1. The van der Waals surface area contributed by atoms with Gasteiger partial charge in [0, 0.05) is 44.4 Å². The zero-order valence-corrected chi connectivity index (χ0v) is 31.6. The molecule has 0 unspecified atom stereocenters. The maximum Gasteiger partial charge on any atom is 0.238 e. The van der Waals surface area contributed by atoms with Crippen molar-refractivity contribution in [3.8, 4) is 39.9 Å². The fourth-order valence-electron chi connectivity index (χ4n) is 9.08. The van der Waals surface area contributed by atoms with Gasteiger partial charge in [-0.25, -0.2) is 4.98 Å². The topological polar surface area (TPSA) is 46.8 Å². The summed E-state index contributed by atoms with van der Waals surface area (Å²) >= 11 is 0. The summed E-state index contributed by atoms with van der Waals surface area (Å²) in [6, 6.07) is 66.3. The lowest BCUT2D eigenvalue weighted by Crippen LogP contribution is -2.17. The summed E-state index contributed by atoms with van der Waals surface area (Å²) in [6.07, 6.45) is 0. The van der Waals surface area contributed by atoms with Crippen LogP contribution >= 0.6 is 0 Å². The second-order valence-corrected chi connectivity index (χ2v) is 15.2. The first-order valence-electron chi connectivity index (χ1n) is 19.5. The molecule has 0 amide bonds. The number of hydrogen-bond acceptors (Lipinski definition) is 4. The molecule has 0 bridgehead atoms. The van der Waals surface area contributed by atoms with Crippen LogP contribution in [0, 0.1) is 0 Å². The second kappa shape index (κ2) is 12.9. The van der Waals surface area contributed by atoms with Gasteiger partial charge in [0.1, 0.15) is 0 Å². The van der Waals surface area contributed by atoms with E-state index in [1.807, 2.05) is 36.4 Å². The van der Waals surface area contributed by atoms with Crippen LogP contribution in [0.15, 0.2) is 188 Å². The molecule has 270 valence electrons. The van der Waals surface area contributed by atoms with Crippen LogP contribution in [-0.4, -0.2) is 19.5 Å². The number of hydrogen-bond donors (Lipinski definition) is 0. The lowest BCUT2D eigenvalue weighted by atomic mass is 9.80. The summed E-state index contributed by atoms with van der Waals surface area (Å²) in [6.45, 7) is 4.73. The van der Waals surface area contributed by atoms with E-state index in [1.165, 1.54) is 38.4 Å². The highest BCUT2D eigenvalue weighted by Gasteiger charge is 2.40. The van der Waals surface area contributed by atoms with Gasteiger partial charge in [0.25, 0.3) is 0 Å². The monoisotopic (exact) mass is 731 g/mol. The van der Waals surface area contributed by atoms with Crippen LogP contribution in [0.4, 0.5) is 17.1 Å². The molecule has 5 heteroatoms. The minimum atomic E-state index is -0.319. The Bertz CT molecular complexity index is 3040. The van der Waals surface area contributed by atoms with Crippen LogP contribution in [-0.2, 0) is 5.41 Å². The van der Waals surface area contributed by atoms with Crippen molar-refractivity contribution < 1.29 is 0 Å². The number of rotatable bonds is 6. The molecular formula is C52H37N5. The van der Waals surface area contributed by atoms with Gasteiger partial charge in [-0.2, -0.15) is 9.97 Å². The molecule has 57 heavy (non-hydrogen) atoms. The van der Waals surface area contributed by atoms with Gasteiger partial charge in [0.05, 0.1) is 11.0 Å². The third kappa shape index (κ3) is 5.13. The van der Waals surface area contributed by atoms with Gasteiger partial charge in [-0.05, 0) is 75.5 Å². The minimum absolute atomic E-state index is 0.319. The van der Waals surface area contributed by atoms with Crippen molar-refractivity contribution in [3.05, 3.63) is 199 Å². The van der Waals surface area contributed by atoms with Crippen molar-refractivity contribution >= 4 is 49.6 Å². The zero-order valence-electron chi connectivity index (χ0n) is 31.6. The third-order valence-corrected chi connectivity index (χ3v) is 11.6. The van der Waals surface area contributed by atoms with E-state index in [9.17, 15) is 0 Å². The van der Waals surface area contributed by atoms with E-state index in [1.54, 1.807) is 0 Å². The first-order chi connectivity index (χ1) is 28.1. The third-order valence-electron chi connectivity index (χ3n) is 11.6. The average Bonchev–Trinajstić information content (AvgIpc) is 3.73. The summed E-state index contributed by atoms with van der Waals surface area (Å²) in [7, 11) is 0. The Hall–Kier alpha value is -7.37. The number of para-hydroxylation sites is 2. The molecule has 0 atom stereocenters. The highest BCUT2D eigenvalue weighted by atomic mass is 15.2. The summed E-state index contributed by atoms with van der Waals surface area (Å²) < 4.78 is 2.32. The fourth-order valence-corrected chi connectivity index (χ4v) is 9.08. The average molecular weight is 732 g/mol. The Morgan fingerprint density at radius 3 is 1.61 bits per heavy atom. The number of aromatic nitrogens is 4. The van der Waals surface area contributed by atoms with Crippen LogP contribution in [0.25, 0.3) is 72.4 Å². The lowest BCUT2D eigenvalue weighted by Gasteiger charge is -2.25. The van der Waals surface area contributed by atoms with Gasteiger partial charge in [0.15, 0.2) is 11.6 Å². The largest absolute Gasteiger partial charge is 0.310 e. The summed E-state index contributed by atoms with van der Waals surface area (Å²) in [5.41, 5.74) is 12.1. The van der Waals surface area contributed by atoms with E-state index in [0.717, 1.165) is 44.6 Å². The molecule has 0 radical (unpaired) electrons. The van der Waals surface area contributed by atoms with Gasteiger partial charge in [-0.3, -0.25) is 4.57 Å². The Morgan fingerprint density at radius 1 is 0.474 bits per heavy atom. The van der Waals surface area contributed by atoms with Gasteiger partial charge < -0.3 is 4.90 Å². The minimum Gasteiger partial charge on any atom is -0.310 e. The van der Waals surface area contributed by atoms with Gasteiger partial charge in [-0.1, -0.05) is 159 Å². The standard InChI is InChI=1S/C52H37N5/c1-52(2)43-30-18-17-29-41(43)45-39-27-15-16-28-40(39)46-42-33-38(56(36-23-11-5-12-24-36)37-25-13-6-14-26-37)31-32-44(42)57(48(46)47(45)52)51-54-49(34-19-7-3-8-20-34)53-50(55-51)35-21-9-4-10-22-35/h3-33H,1-2H3. The summed E-state index contributed by atoms with van der Waals surface area (Å²) in [5.74, 6) is 1.85. The maximum absolute atomic E-state index is 5.36. The Kier molecular flexibility index (Phi) is 7.45. The molecule has 0 N–H and O–H groups in total. The van der Waals surface area contributed by atoms with Crippen LogP contribution in [0.3, 0.4) is 0 Å². The maximum atomic E-state index is 5.36. The fraction of sp³-hybridized carbons (Fsp3) is 0.0577. The van der Waals surface area contributed by atoms with Gasteiger partial charge in [-0.15, -0.1) is 0 Å². The molecule has 0 spiro atoms. The van der Waals surface area contributed by atoms with Crippen molar-refractivity contribution in [3.63, 3.8) is 0 Å². The van der Waals surface area contributed by atoms with E-state index < -0.39 is 0 Å². The molecule has 0 saturated carbocycles. The van der Waals surface area contributed by atoms with Crippen LogP contribution in [0.5, 0.6) is 0 Å². The van der Waals surface area contributed by atoms with E-state index in [2.05, 4.69) is 175 Å². The first-order valence-corrected chi connectivity index (χ1v) is 19.5. The quantitative estimate of drug-likeness (QED) is 0.171. The Morgan fingerprint density at radius 2 is 1.00 bits per heavy atom. The van der Waals surface area contributed by atoms with Crippen molar-refractivity contribution in [2.75, 3.05) is 4.90 Å². The second-order valence-electron chi connectivity index (χ2n) is 15.2. The van der Waals surface area contributed by atoms with E-state index in [-0.39, 0.29) is 5.41 Å². The molecular weight excluding hydrogens is 695 g/mol. The smallest absolute Gasteiger partial charge is 0.238 e. The number of benzene rings is 8. The lowest BCUT2D eigenvalue weighted by molar-refractivity contribution is 0.663. The van der Waals surface area contributed by atoms with Crippen LogP contribution in [0.2, 0.25) is 0 Å². The van der Waals surface area contributed by atoms with Crippen molar-refractivity contribution in [2.45, 2.75) is 19.3 Å². The molecule has 1 aliphatic carbocycles. The van der Waals surface area contributed by atoms with Gasteiger partial charge in [0.2, 0.25) is 5.95 Å². The van der Waals surface area contributed by atoms with Crippen molar-refractivity contribution in [2.24, 2.45) is 0 Å². The molecule has 0 saturated heterocycles. The molecule has 8 aromatic carbocycles. The van der Waals surface area contributed by atoms with Gasteiger partial charge >= 0.3 is 0 Å². The molecule has 1 aliphatic rings. The molecule has 0 fully saturated rings. The Labute approximate surface area is 331 Å². The van der Waals surface area contributed by atoms with E-state index in [4.69, 9.17) is 15.0 Å². The van der Waals surface area contributed by atoms with E-state index in [0.29, 0.717) is 17.6 Å². The van der Waals surface area contributed by atoms with Crippen LogP contribution < -0.4 is 4.90 Å². The molecule has 5 nitrogen and oxygen atoms in total. The molecule has 11 rings (SSSR count). The zero-order chi connectivity index (χ0) is 38.1. The molecule has 2 aromatic heterocycles. The number of fused-ring (bicyclic) bond motifs is 10. The highest BCUT2D eigenvalue weighted by Crippen LogP contribution is 2.56. The summed E-state index contributed by atoms with van der Waals surface area (Å²) in [4.78, 5) is 18.1. The predicted octanol–water partition coefficient (Wildman–Crippen LogP) is 13.2. The van der Waals surface area contributed by atoms with Crippen LogP contribution in [0.1, 0.15) is 25.0 Å². The van der Waals surface area contributed by atoms with E-state index >= 15 is 0 Å². The number of nitrogens with zero attached hydrogens (tertiary/aromatic N) is 5. The predicted molar refractivity (Wildman–Crippen MR) is 235 cm³/mol. The Balaban J connectivity index is 1.31. The first kappa shape index (κ1) is 33.0.